The van der Waals surface area contributed by atoms with Gasteiger partial charge in [-0.25, -0.2) is 0 Å². The van der Waals surface area contributed by atoms with Crippen molar-refractivity contribution in [2.24, 2.45) is 0 Å². The minimum atomic E-state index is -0.00401. The first-order valence-corrected chi connectivity index (χ1v) is 10.7. The van der Waals surface area contributed by atoms with Crippen LogP contribution in [0.3, 0.4) is 0 Å². The largest absolute Gasteiger partial charge is 0.348 e. The van der Waals surface area contributed by atoms with Crippen molar-refractivity contribution in [1.29, 1.82) is 0 Å². The van der Waals surface area contributed by atoms with Gasteiger partial charge in [0.25, 0.3) is 5.91 Å². The second kappa shape index (κ2) is 9.79. The van der Waals surface area contributed by atoms with Crippen LogP contribution in [0.15, 0.2) is 48.5 Å². The molecule has 3 nitrogen and oxygen atoms in total. The molecule has 0 aromatic heterocycles. The maximum absolute atomic E-state index is 12.5. The molecule has 138 valence electrons. The van der Waals surface area contributed by atoms with Crippen molar-refractivity contribution in [2.45, 2.75) is 38.6 Å². The summed E-state index contributed by atoms with van der Waals surface area (Å²) in [5, 5.41) is 3.08. The van der Waals surface area contributed by atoms with Gasteiger partial charge in [0.2, 0.25) is 0 Å². The highest BCUT2D eigenvalue weighted by atomic mass is 32.2. The van der Waals surface area contributed by atoms with E-state index >= 15 is 0 Å². The van der Waals surface area contributed by atoms with Crippen molar-refractivity contribution >= 4 is 17.7 Å². The third-order valence-electron chi connectivity index (χ3n) is 4.84. The average molecular weight is 369 g/mol. The zero-order valence-corrected chi connectivity index (χ0v) is 16.4. The summed E-state index contributed by atoms with van der Waals surface area (Å²) in [6.07, 6.45) is 2.59. The van der Waals surface area contributed by atoms with Crippen LogP contribution in [0.1, 0.15) is 46.8 Å². The fraction of sp³-hybridized carbons (Fsp3) is 0.409. The highest BCUT2D eigenvalue weighted by molar-refractivity contribution is 7.98. The van der Waals surface area contributed by atoms with Crippen LogP contribution in [-0.4, -0.2) is 29.6 Å². The molecule has 1 N–H and O–H groups in total. The number of carbonyl (C=O) groups is 1. The Morgan fingerprint density at radius 3 is 2.42 bits per heavy atom. The topological polar surface area (TPSA) is 32.3 Å². The SMILES string of the molecule is CCSCc1ccc(C(=O)NCc2ccccc2CN2CCCC2)cc1. The zero-order chi connectivity index (χ0) is 18.2. The fourth-order valence-electron chi connectivity index (χ4n) is 3.32. The average Bonchev–Trinajstić information content (AvgIpc) is 3.19. The maximum atomic E-state index is 12.5. The first-order chi connectivity index (χ1) is 12.8. The molecule has 1 heterocycles. The van der Waals surface area contributed by atoms with E-state index < -0.39 is 0 Å². The molecule has 4 heteroatoms. The third kappa shape index (κ3) is 5.36. The summed E-state index contributed by atoms with van der Waals surface area (Å²) in [7, 11) is 0. The van der Waals surface area contributed by atoms with Crippen LogP contribution in [0.25, 0.3) is 0 Å². The number of rotatable bonds is 8. The van der Waals surface area contributed by atoms with Gasteiger partial charge in [-0.2, -0.15) is 11.8 Å². The Bertz CT molecular complexity index is 708. The van der Waals surface area contributed by atoms with E-state index in [1.807, 2.05) is 23.9 Å². The highest BCUT2D eigenvalue weighted by Gasteiger charge is 2.14. The predicted molar refractivity (Wildman–Crippen MR) is 110 cm³/mol. The van der Waals surface area contributed by atoms with Gasteiger partial charge >= 0.3 is 0 Å². The lowest BCUT2D eigenvalue weighted by molar-refractivity contribution is 0.0951. The number of benzene rings is 2. The number of amides is 1. The van der Waals surface area contributed by atoms with Crippen LogP contribution in [0, 0.1) is 0 Å². The van der Waals surface area contributed by atoms with Crippen molar-refractivity contribution < 1.29 is 4.79 Å². The molecule has 26 heavy (non-hydrogen) atoms. The summed E-state index contributed by atoms with van der Waals surface area (Å²) < 4.78 is 0. The van der Waals surface area contributed by atoms with Gasteiger partial charge < -0.3 is 5.32 Å². The summed E-state index contributed by atoms with van der Waals surface area (Å²) in [5.41, 5.74) is 4.53. The van der Waals surface area contributed by atoms with Gasteiger partial charge in [-0.3, -0.25) is 9.69 Å². The second-order valence-corrected chi connectivity index (χ2v) is 8.04. The van der Waals surface area contributed by atoms with Gasteiger partial charge in [0.15, 0.2) is 0 Å². The molecule has 0 bridgehead atoms. The van der Waals surface area contributed by atoms with Crippen molar-refractivity contribution in [2.75, 3.05) is 18.8 Å². The summed E-state index contributed by atoms with van der Waals surface area (Å²) in [4.78, 5) is 15.0. The maximum Gasteiger partial charge on any atom is 0.251 e. The van der Waals surface area contributed by atoms with Gasteiger partial charge in [-0.1, -0.05) is 43.3 Å². The molecule has 2 aromatic carbocycles. The van der Waals surface area contributed by atoms with Crippen LogP contribution in [0.5, 0.6) is 0 Å². The normalized spacial score (nSPS) is 14.5. The zero-order valence-electron chi connectivity index (χ0n) is 15.5. The molecule has 0 spiro atoms. The molecule has 1 amide bonds. The number of hydrogen-bond acceptors (Lipinski definition) is 3. The predicted octanol–water partition coefficient (Wildman–Crippen LogP) is 4.47. The lowest BCUT2D eigenvalue weighted by Gasteiger charge is -2.17. The molecule has 0 unspecified atom stereocenters. The van der Waals surface area contributed by atoms with E-state index in [0.717, 1.165) is 23.6 Å². The van der Waals surface area contributed by atoms with E-state index in [-0.39, 0.29) is 5.91 Å². The standard InChI is InChI=1S/C22H28N2OS/c1-2-26-17-18-9-11-19(12-10-18)22(25)23-15-20-7-3-4-8-21(20)16-24-13-5-6-14-24/h3-4,7-12H,2,5-6,13-17H2,1H3,(H,23,25). The lowest BCUT2D eigenvalue weighted by Crippen LogP contribution is -2.25. The van der Waals surface area contributed by atoms with E-state index in [9.17, 15) is 4.79 Å². The van der Waals surface area contributed by atoms with Gasteiger partial charge in [0, 0.05) is 24.4 Å². The van der Waals surface area contributed by atoms with E-state index in [2.05, 4.69) is 53.5 Å². The van der Waals surface area contributed by atoms with Crippen LogP contribution >= 0.6 is 11.8 Å². The van der Waals surface area contributed by atoms with E-state index in [1.165, 1.54) is 42.6 Å². The number of nitrogens with one attached hydrogen (secondary N) is 1. The molecule has 0 atom stereocenters. The smallest absolute Gasteiger partial charge is 0.251 e. The molecule has 0 saturated carbocycles. The van der Waals surface area contributed by atoms with Gasteiger partial charge in [0.1, 0.15) is 0 Å². The van der Waals surface area contributed by atoms with E-state index in [1.54, 1.807) is 0 Å². The molecule has 2 aromatic rings. The summed E-state index contributed by atoms with van der Waals surface area (Å²) >= 11 is 1.89. The second-order valence-electron chi connectivity index (χ2n) is 6.77. The van der Waals surface area contributed by atoms with Crippen molar-refractivity contribution in [3.8, 4) is 0 Å². The Morgan fingerprint density at radius 2 is 1.73 bits per heavy atom. The molecule has 1 aliphatic rings. The summed E-state index contributed by atoms with van der Waals surface area (Å²) in [6, 6.07) is 16.4. The third-order valence-corrected chi connectivity index (χ3v) is 5.79. The first kappa shape index (κ1) is 19.0. The molecule has 1 aliphatic heterocycles. The van der Waals surface area contributed by atoms with Gasteiger partial charge in [0.05, 0.1) is 0 Å². The molecular weight excluding hydrogens is 340 g/mol. The van der Waals surface area contributed by atoms with Crippen molar-refractivity contribution in [3.05, 3.63) is 70.8 Å². The molecular formula is C22H28N2OS. The number of carbonyl (C=O) groups excluding carboxylic acids is 1. The minimum absolute atomic E-state index is 0.00401. The lowest BCUT2D eigenvalue weighted by atomic mass is 10.1. The monoisotopic (exact) mass is 368 g/mol. The molecule has 1 saturated heterocycles. The quantitative estimate of drug-likeness (QED) is 0.746. The van der Waals surface area contributed by atoms with Crippen LogP contribution < -0.4 is 5.32 Å². The molecule has 1 fully saturated rings. The Hall–Kier alpha value is -1.78. The van der Waals surface area contributed by atoms with Crippen molar-refractivity contribution in [3.63, 3.8) is 0 Å². The van der Waals surface area contributed by atoms with Gasteiger partial charge in [-0.15, -0.1) is 0 Å². The first-order valence-electron chi connectivity index (χ1n) is 9.50. The van der Waals surface area contributed by atoms with E-state index in [0.29, 0.717) is 6.54 Å². The van der Waals surface area contributed by atoms with Crippen LogP contribution in [0.4, 0.5) is 0 Å². The van der Waals surface area contributed by atoms with Crippen molar-refractivity contribution in [1.82, 2.24) is 10.2 Å². The van der Waals surface area contributed by atoms with Crippen LogP contribution in [-0.2, 0) is 18.8 Å². The molecule has 0 aliphatic carbocycles. The van der Waals surface area contributed by atoms with Crippen LogP contribution in [0.2, 0.25) is 0 Å². The number of likely N-dealkylation sites (tertiary alicyclic amines) is 1. The molecule has 3 rings (SSSR count). The van der Waals surface area contributed by atoms with E-state index in [4.69, 9.17) is 0 Å². The number of hydrogen-bond donors (Lipinski definition) is 1. The number of nitrogens with zero attached hydrogens (tertiary/aromatic N) is 1. The number of thioether (sulfide) groups is 1. The Balaban J connectivity index is 1.57. The summed E-state index contributed by atoms with van der Waals surface area (Å²) in [5.74, 6) is 2.11. The minimum Gasteiger partial charge on any atom is -0.348 e. The Labute approximate surface area is 161 Å². The molecule has 0 radical (unpaired) electrons. The fourth-order valence-corrected chi connectivity index (χ4v) is 3.95. The Morgan fingerprint density at radius 1 is 1.04 bits per heavy atom. The highest BCUT2D eigenvalue weighted by Crippen LogP contribution is 2.17. The van der Waals surface area contributed by atoms with Gasteiger partial charge in [-0.05, 0) is 60.5 Å². The Kier molecular flexibility index (Phi) is 7.15. The summed E-state index contributed by atoms with van der Waals surface area (Å²) in [6.45, 7) is 6.09.